The quantitative estimate of drug-likeness (QED) is 0.882. The standard InChI is InChI=1S/C12H13BrFNO2/c13-8-3-4-10(9(14)7-8)15-11(16)12(17)5-1-2-6-12/h3-4,7,17H,1-2,5-6H2,(H,15,16). The van der Waals surface area contributed by atoms with Gasteiger partial charge in [0.1, 0.15) is 11.4 Å². The van der Waals surface area contributed by atoms with Crippen molar-refractivity contribution in [3.8, 4) is 0 Å². The minimum absolute atomic E-state index is 0.0959. The van der Waals surface area contributed by atoms with E-state index in [1.165, 1.54) is 12.1 Å². The van der Waals surface area contributed by atoms with Crippen LogP contribution in [-0.2, 0) is 4.79 Å². The van der Waals surface area contributed by atoms with E-state index in [2.05, 4.69) is 21.2 Å². The summed E-state index contributed by atoms with van der Waals surface area (Å²) in [6, 6.07) is 4.38. The second-order valence-corrected chi connectivity index (χ2v) is 5.23. The number of hydrogen-bond acceptors (Lipinski definition) is 2. The number of hydrogen-bond donors (Lipinski definition) is 2. The van der Waals surface area contributed by atoms with Gasteiger partial charge in [-0.3, -0.25) is 4.79 Å². The summed E-state index contributed by atoms with van der Waals surface area (Å²) in [7, 11) is 0. The molecule has 17 heavy (non-hydrogen) atoms. The van der Waals surface area contributed by atoms with Gasteiger partial charge in [0.05, 0.1) is 5.69 Å². The largest absolute Gasteiger partial charge is 0.380 e. The van der Waals surface area contributed by atoms with Crippen LogP contribution in [0.5, 0.6) is 0 Å². The van der Waals surface area contributed by atoms with Crippen molar-refractivity contribution in [3.05, 3.63) is 28.5 Å². The summed E-state index contributed by atoms with van der Waals surface area (Å²) in [6.07, 6.45) is 2.54. The first-order chi connectivity index (χ1) is 8.01. The van der Waals surface area contributed by atoms with Gasteiger partial charge in [-0.1, -0.05) is 15.9 Å². The Bertz CT molecular complexity index is 444. The van der Waals surface area contributed by atoms with E-state index < -0.39 is 17.3 Å². The minimum Gasteiger partial charge on any atom is -0.380 e. The van der Waals surface area contributed by atoms with Crippen molar-refractivity contribution in [1.82, 2.24) is 0 Å². The molecule has 1 aromatic rings. The molecule has 1 saturated carbocycles. The van der Waals surface area contributed by atoms with Crippen molar-refractivity contribution in [2.45, 2.75) is 31.3 Å². The third-order valence-corrected chi connectivity index (χ3v) is 3.53. The lowest BCUT2D eigenvalue weighted by atomic mass is 10.0. The minimum atomic E-state index is -1.33. The van der Waals surface area contributed by atoms with E-state index in [0.29, 0.717) is 17.3 Å². The second-order valence-electron chi connectivity index (χ2n) is 4.32. The number of nitrogens with one attached hydrogen (secondary N) is 1. The Hall–Kier alpha value is -0.940. The number of halogens is 2. The maximum Gasteiger partial charge on any atom is 0.256 e. The molecule has 0 spiro atoms. The van der Waals surface area contributed by atoms with Gasteiger partial charge >= 0.3 is 0 Å². The van der Waals surface area contributed by atoms with Crippen LogP contribution in [-0.4, -0.2) is 16.6 Å². The maximum absolute atomic E-state index is 13.5. The van der Waals surface area contributed by atoms with E-state index in [1.807, 2.05) is 0 Å². The van der Waals surface area contributed by atoms with Crippen LogP contribution in [0.15, 0.2) is 22.7 Å². The summed E-state index contributed by atoms with van der Waals surface area (Å²) >= 11 is 3.14. The molecular formula is C12H13BrFNO2. The molecule has 1 fully saturated rings. The van der Waals surface area contributed by atoms with Crippen LogP contribution in [0.25, 0.3) is 0 Å². The summed E-state index contributed by atoms with van der Waals surface area (Å²) in [5.74, 6) is -1.04. The lowest BCUT2D eigenvalue weighted by Crippen LogP contribution is -2.40. The van der Waals surface area contributed by atoms with Crippen molar-refractivity contribution < 1.29 is 14.3 Å². The molecule has 5 heteroatoms. The summed E-state index contributed by atoms with van der Waals surface area (Å²) in [5, 5.41) is 12.5. The zero-order chi connectivity index (χ0) is 12.5. The van der Waals surface area contributed by atoms with E-state index in [9.17, 15) is 14.3 Å². The fourth-order valence-electron chi connectivity index (χ4n) is 2.02. The van der Waals surface area contributed by atoms with Gasteiger partial charge in [0.15, 0.2) is 0 Å². The highest BCUT2D eigenvalue weighted by Gasteiger charge is 2.39. The number of benzene rings is 1. The number of carbonyl (C=O) groups is 1. The Morgan fingerprint density at radius 3 is 2.65 bits per heavy atom. The van der Waals surface area contributed by atoms with Gasteiger partial charge in [-0.05, 0) is 43.9 Å². The van der Waals surface area contributed by atoms with E-state index in [-0.39, 0.29) is 5.69 Å². The molecule has 0 heterocycles. The maximum atomic E-state index is 13.5. The van der Waals surface area contributed by atoms with Crippen LogP contribution < -0.4 is 5.32 Å². The normalized spacial score (nSPS) is 18.1. The molecule has 0 unspecified atom stereocenters. The summed E-state index contributed by atoms with van der Waals surface area (Å²) in [4.78, 5) is 11.8. The van der Waals surface area contributed by atoms with Gasteiger partial charge < -0.3 is 10.4 Å². The van der Waals surface area contributed by atoms with Crippen LogP contribution in [0.4, 0.5) is 10.1 Å². The van der Waals surface area contributed by atoms with Gasteiger partial charge in [0.25, 0.3) is 5.91 Å². The fourth-order valence-corrected chi connectivity index (χ4v) is 2.35. The van der Waals surface area contributed by atoms with E-state index in [4.69, 9.17) is 0 Å². The average molecular weight is 302 g/mol. The average Bonchev–Trinajstić information content (AvgIpc) is 2.71. The molecule has 1 aromatic carbocycles. The molecule has 1 aliphatic rings. The lowest BCUT2D eigenvalue weighted by Gasteiger charge is -2.21. The predicted octanol–water partition coefficient (Wildman–Crippen LogP) is 2.83. The second kappa shape index (κ2) is 4.74. The Labute approximate surface area is 107 Å². The topological polar surface area (TPSA) is 49.3 Å². The first kappa shape index (κ1) is 12.5. The van der Waals surface area contributed by atoms with Crippen molar-refractivity contribution in [2.24, 2.45) is 0 Å². The number of anilines is 1. The van der Waals surface area contributed by atoms with Crippen molar-refractivity contribution in [2.75, 3.05) is 5.32 Å². The van der Waals surface area contributed by atoms with Crippen LogP contribution >= 0.6 is 15.9 Å². The summed E-state index contributed by atoms with van der Waals surface area (Å²) in [6.45, 7) is 0. The molecule has 0 aromatic heterocycles. The highest BCUT2D eigenvalue weighted by molar-refractivity contribution is 9.10. The zero-order valence-electron chi connectivity index (χ0n) is 9.17. The van der Waals surface area contributed by atoms with Crippen molar-refractivity contribution in [1.29, 1.82) is 0 Å². The molecule has 3 nitrogen and oxygen atoms in total. The molecule has 0 radical (unpaired) electrons. The number of rotatable bonds is 2. The number of aliphatic hydroxyl groups is 1. The molecule has 0 saturated heterocycles. The predicted molar refractivity (Wildman–Crippen MR) is 66.1 cm³/mol. The van der Waals surface area contributed by atoms with Gasteiger partial charge in [-0.15, -0.1) is 0 Å². The molecule has 2 rings (SSSR count). The lowest BCUT2D eigenvalue weighted by molar-refractivity contribution is -0.133. The van der Waals surface area contributed by atoms with Crippen LogP contribution in [0.3, 0.4) is 0 Å². The fraction of sp³-hybridized carbons (Fsp3) is 0.417. The first-order valence-corrected chi connectivity index (χ1v) is 6.29. The van der Waals surface area contributed by atoms with E-state index in [0.717, 1.165) is 12.8 Å². The van der Waals surface area contributed by atoms with Crippen molar-refractivity contribution in [3.63, 3.8) is 0 Å². The highest BCUT2D eigenvalue weighted by Crippen LogP contribution is 2.31. The molecular weight excluding hydrogens is 289 g/mol. The van der Waals surface area contributed by atoms with E-state index >= 15 is 0 Å². The Kier molecular flexibility index (Phi) is 3.49. The zero-order valence-corrected chi connectivity index (χ0v) is 10.8. The van der Waals surface area contributed by atoms with Crippen LogP contribution in [0.1, 0.15) is 25.7 Å². The summed E-state index contributed by atoms with van der Waals surface area (Å²) in [5.41, 5.74) is -1.24. The van der Waals surface area contributed by atoms with Gasteiger partial charge in [0, 0.05) is 4.47 Å². The third kappa shape index (κ3) is 2.66. The van der Waals surface area contributed by atoms with Gasteiger partial charge in [-0.25, -0.2) is 4.39 Å². The Morgan fingerprint density at radius 2 is 2.06 bits per heavy atom. The SMILES string of the molecule is O=C(Nc1ccc(Br)cc1F)C1(O)CCCC1. The molecule has 0 bridgehead atoms. The third-order valence-electron chi connectivity index (χ3n) is 3.03. The monoisotopic (exact) mass is 301 g/mol. The molecule has 2 N–H and O–H groups in total. The molecule has 1 amide bonds. The molecule has 1 aliphatic carbocycles. The Balaban J connectivity index is 2.13. The molecule has 0 aliphatic heterocycles. The van der Waals surface area contributed by atoms with Gasteiger partial charge in [-0.2, -0.15) is 0 Å². The molecule has 92 valence electrons. The van der Waals surface area contributed by atoms with Crippen LogP contribution in [0.2, 0.25) is 0 Å². The first-order valence-electron chi connectivity index (χ1n) is 5.50. The summed E-state index contributed by atoms with van der Waals surface area (Å²) < 4.78 is 14.1. The van der Waals surface area contributed by atoms with Crippen LogP contribution in [0, 0.1) is 5.82 Å². The van der Waals surface area contributed by atoms with Gasteiger partial charge in [0.2, 0.25) is 0 Å². The highest BCUT2D eigenvalue weighted by atomic mass is 79.9. The van der Waals surface area contributed by atoms with Crippen molar-refractivity contribution >= 4 is 27.5 Å². The van der Waals surface area contributed by atoms with E-state index in [1.54, 1.807) is 6.07 Å². The smallest absolute Gasteiger partial charge is 0.256 e. The molecule has 0 atom stereocenters. The Morgan fingerprint density at radius 1 is 1.41 bits per heavy atom. The number of carbonyl (C=O) groups excluding carboxylic acids is 1. The number of amides is 1.